The van der Waals surface area contributed by atoms with E-state index >= 15 is 0 Å². The molecule has 0 aliphatic heterocycles. The molecule has 158 valence electrons. The van der Waals surface area contributed by atoms with Gasteiger partial charge in [-0.1, -0.05) is 29.8 Å². The van der Waals surface area contributed by atoms with Crippen molar-refractivity contribution in [2.45, 2.75) is 17.7 Å². The van der Waals surface area contributed by atoms with E-state index in [1.807, 2.05) is 18.2 Å². The number of aryl methyl sites for hydroxylation is 1. The first-order valence-corrected chi connectivity index (χ1v) is 10.9. The van der Waals surface area contributed by atoms with Crippen LogP contribution in [0.5, 0.6) is 11.5 Å². The first-order valence-electron chi connectivity index (χ1n) is 8.90. The van der Waals surface area contributed by atoms with Gasteiger partial charge < -0.3 is 19.9 Å². The Morgan fingerprint density at radius 2 is 2.13 bits per heavy atom. The molecular weight excluding hydrogens is 451 g/mol. The van der Waals surface area contributed by atoms with Gasteiger partial charge in [0.05, 0.1) is 16.5 Å². The van der Waals surface area contributed by atoms with Crippen molar-refractivity contribution in [3.8, 4) is 11.5 Å². The topological polar surface area (TPSA) is 96.4 Å². The van der Waals surface area contributed by atoms with Crippen LogP contribution in [0.1, 0.15) is 12.0 Å². The van der Waals surface area contributed by atoms with E-state index in [2.05, 4.69) is 19.4 Å². The van der Waals surface area contributed by atoms with Gasteiger partial charge in [-0.2, -0.15) is 4.37 Å². The van der Waals surface area contributed by atoms with Crippen LogP contribution in [0, 0.1) is 5.82 Å². The molecule has 2 aromatic carbocycles. The minimum atomic E-state index is -0.893. The number of halogens is 2. The molecule has 1 heterocycles. The first kappa shape index (κ1) is 22.3. The summed E-state index contributed by atoms with van der Waals surface area (Å²) in [4.78, 5) is 14.8. The van der Waals surface area contributed by atoms with Gasteiger partial charge in [-0.25, -0.2) is 9.37 Å². The summed E-state index contributed by atoms with van der Waals surface area (Å²) < 4.78 is 27.2. The molecule has 3 aromatic rings. The molecule has 0 radical (unpaired) electrons. The first-order chi connectivity index (χ1) is 14.5. The van der Waals surface area contributed by atoms with Gasteiger partial charge in [0.25, 0.3) is 0 Å². The zero-order valence-electron chi connectivity index (χ0n) is 15.6. The molecule has 7 nitrogen and oxygen atoms in total. The third kappa shape index (κ3) is 6.56. The van der Waals surface area contributed by atoms with Gasteiger partial charge in [0, 0.05) is 17.6 Å². The molecule has 0 fully saturated rings. The number of nitrogens with zero attached hydrogens (tertiary/aromatic N) is 2. The number of hydrogen-bond donors (Lipinski definition) is 3. The molecule has 0 bridgehead atoms. The van der Waals surface area contributed by atoms with Gasteiger partial charge in [0.15, 0.2) is 0 Å². The van der Waals surface area contributed by atoms with Gasteiger partial charge in [0.1, 0.15) is 23.6 Å². The molecule has 0 aliphatic rings. The maximum absolute atomic E-state index is 14.5. The van der Waals surface area contributed by atoms with E-state index in [4.69, 9.17) is 21.4 Å². The van der Waals surface area contributed by atoms with Crippen LogP contribution < -0.4 is 14.8 Å². The van der Waals surface area contributed by atoms with Crippen LogP contribution in [0.4, 0.5) is 9.52 Å². The second-order valence-corrected chi connectivity index (χ2v) is 8.08. The smallest absolute Gasteiger partial charge is 0.317 e. The van der Waals surface area contributed by atoms with Crippen molar-refractivity contribution in [2.24, 2.45) is 0 Å². The lowest BCUT2D eigenvalue weighted by molar-refractivity contribution is -0.135. The Balaban J connectivity index is 1.64. The average molecular weight is 469 g/mol. The number of anilines is 1. The Morgan fingerprint density at radius 1 is 1.30 bits per heavy atom. The van der Waals surface area contributed by atoms with E-state index in [0.29, 0.717) is 28.7 Å². The number of hydrogen-bond acceptors (Lipinski definition) is 8. The molecule has 3 rings (SSSR count). The fourth-order valence-electron chi connectivity index (χ4n) is 2.51. The van der Waals surface area contributed by atoms with E-state index < -0.39 is 11.8 Å². The van der Waals surface area contributed by atoms with Crippen LogP contribution in [-0.4, -0.2) is 33.5 Å². The summed E-state index contributed by atoms with van der Waals surface area (Å²) in [7, 11) is 0. The van der Waals surface area contributed by atoms with E-state index in [0.717, 1.165) is 35.5 Å². The summed E-state index contributed by atoms with van der Waals surface area (Å²) in [6.45, 7) is 0.481. The number of ether oxygens (including phenoxy) is 1. The number of carbonyl (C=O) groups is 1. The zero-order valence-corrected chi connectivity index (χ0v) is 18.0. The number of benzene rings is 2. The third-order valence-electron chi connectivity index (χ3n) is 3.86. The van der Waals surface area contributed by atoms with E-state index in [-0.39, 0.29) is 17.3 Å². The predicted molar refractivity (Wildman–Crippen MR) is 116 cm³/mol. The second-order valence-electron chi connectivity index (χ2n) is 6.05. The Morgan fingerprint density at radius 3 is 2.90 bits per heavy atom. The third-order valence-corrected chi connectivity index (χ3v) is 5.70. The van der Waals surface area contributed by atoms with Gasteiger partial charge in [0.2, 0.25) is 5.13 Å². The molecular formula is C19H18ClFN4O3S2. The van der Waals surface area contributed by atoms with Crippen molar-refractivity contribution in [3.05, 3.63) is 59.1 Å². The van der Waals surface area contributed by atoms with Gasteiger partial charge in [-0.3, -0.25) is 4.79 Å². The molecule has 1 aromatic heterocycles. The van der Waals surface area contributed by atoms with Gasteiger partial charge >= 0.3 is 5.97 Å². The molecule has 0 amide bonds. The lowest BCUT2D eigenvalue weighted by atomic mass is 10.1. The number of aromatic nitrogens is 2. The summed E-state index contributed by atoms with van der Waals surface area (Å²) in [5.41, 5.74) is 0.919. The van der Waals surface area contributed by atoms with E-state index in [9.17, 15) is 9.18 Å². The van der Waals surface area contributed by atoms with Crippen molar-refractivity contribution in [3.63, 3.8) is 0 Å². The van der Waals surface area contributed by atoms with Crippen LogP contribution in [-0.2, 0) is 11.2 Å². The van der Waals surface area contributed by atoms with Gasteiger partial charge in [-0.05, 0) is 49.0 Å². The van der Waals surface area contributed by atoms with Crippen molar-refractivity contribution >= 4 is 46.2 Å². The van der Waals surface area contributed by atoms with Crippen LogP contribution in [0.25, 0.3) is 0 Å². The Kier molecular flexibility index (Phi) is 8.26. The minimum absolute atomic E-state index is 0.0781. The van der Waals surface area contributed by atoms with Crippen molar-refractivity contribution in [2.75, 3.05) is 17.8 Å². The van der Waals surface area contributed by atoms with Crippen molar-refractivity contribution in [1.29, 1.82) is 0 Å². The van der Waals surface area contributed by atoms with Crippen LogP contribution in [0.15, 0.2) is 47.6 Å². The molecule has 30 heavy (non-hydrogen) atoms. The Bertz CT molecular complexity index is 992. The molecule has 3 N–H and O–H groups in total. The summed E-state index contributed by atoms with van der Waals surface area (Å²) in [6.07, 6.45) is 2.80. The number of para-hydroxylation sites is 1. The Labute approximate surface area is 185 Å². The normalized spacial score (nSPS) is 10.7. The standard InChI is InChI=1S/C19H18ClFN4O3S2/c20-13-8-17(29-25-19-23-11-24-30-19)14(21)9-16(13)28-15-6-2-1-4-12(15)5-3-7-22-10-18(26)27/h1-2,4,6,8-9,11,22H,3,5,7,10H2,(H,26,27)(H,23,24,25). The SMILES string of the molecule is O=C(O)CNCCCc1ccccc1Oc1cc(F)c(SNc2ncns2)cc1Cl. The van der Waals surface area contributed by atoms with E-state index in [1.165, 1.54) is 18.5 Å². The lowest BCUT2D eigenvalue weighted by Crippen LogP contribution is -2.23. The summed E-state index contributed by atoms with van der Waals surface area (Å²) in [5, 5.41) is 12.3. The number of carboxylic acid groups (broad SMARTS) is 1. The predicted octanol–water partition coefficient (Wildman–Crippen LogP) is 4.85. The highest BCUT2D eigenvalue weighted by Gasteiger charge is 2.13. The summed E-state index contributed by atoms with van der Waals surface area (Å²) in [5.74, 6) is -0.586. The van der Waals surface area contributed by atoms with E-state index in [1.54, 1.807) is 6.07 Å². The fourth-order valence-corrected chi connectivity index (χ4v) is 3.92. The number of carboxylic acids is 1. The average Bonchev–Trinajstić information content (AvgIpc) is 3.24. The molecule has 11 heteroatoms. The number of aliphatic carboxylic acids is 1. The largest absolute Gasteiger partial charge is 0.480 e. The summed E-state index contributed by atoms with van der Waals surface area (Å²) in [6, 6.07) is 10.1. The Hall–Kier alpha value is -2.40. The van der Waals surface area contributed by atoms with Crippen LogP contribution in [0.3, 0.4) is 0 Å². The second kappa shape index (κ2) is 11.1. The molecule has 0 saturated carbocycles. The molecule has 0 spiro atoms. The monoisotopic (exact) mass is 468 g/mol. The fraction of sp³-hybridized carbons (Fsp3) is 0.211. The summed E-state index contributed by atoms with van der Waals surface area (Å²) >= 11 is 8.53. The lowest BCUT2D eigenvalue weighted by Gasteiger charge is -2.13. The molecule has 0 unspecified atom stereocenters. The maximum Gasteiger partial charge on any atom is 0.317 e. The number of nitrogens with one attached hydrogen (secondary N) is 2. The maximum atomic E-state index is 14.5. The highest BCUT2D eigenvalue weighted by molar-refractivity contribution is 8.00. The van der Waals surface area contributed by atoms with Crippen molar-refractivity contribution < 1.29 is 19.0 Å². The van der Waals surface area contributed by atoms with Crippen LogP contribution >= 0.6 is 35.1 Å². The highest BCUT2D eigenvalue weighted by atomic mass is 35.5. The quantitative estimate of drug-likeness (QED) is 0.271. The highest BCUT2D eigenvalue weighted by Crippen LogP contribution is 2.36. The van der Waals surface area contributed by atoms with Crippen LogP contribution in [0.2, 0.25) is 5.02 Å². The molecule has 0 aliphatic carbocycles. The number of rotatable bonds is 11. The van der Waals surface area contributed by atoms with Gasteiger partial charge in [-0.15, -0.1) is 0 Å². The van der Waals surface area contributed by atoms with Crippen molar-refractivity contribution in [1.82, 2.24) is 14.7 Å². The molecule has 0 atom stereocenters. The molecule has 0 saturated heterocycles. The minimum Gasteiger partial charge on any atom is -0.480 e. The zero-order chi connectivity index (χ0) is 21.3.